The van der Waals surface area contributed by atoms with Crippen LogP contribution >= 0.6 is 11.6 Å². The van der Waals surface area contributed by atoms with Crippen LogP contribution in [0.4, 0.5) is 4.39 Å². The maximum absolute atomic E-state index is 13.9. The summed E-state index contributed by atoms with van der Waals surface area (Å²) >= 11 is 6.22. The van der Waals surface area contributed by atoms with E-state index in [1.165, 1.54) is 22.8 Å². The Balaban J connectivity index is 1.86. The summed E-state index contributed by atoms with van der Waals surface area (Å²) in [7, 11) is -4.46. The Hall–Kier alpha value is -3.56. The maximum Gasteiger partial charge on any atom is 0.277 e. The van der Waals surface area contributed by atoms with Crippen molar-refractivity contribution in [2.75, 3.05) is 0 Å². The predicted octanol–water partition coefficient (Wildman–Crippen LogP) is 6.29. The molecule has 0 fully saturated rings. The average molecular weight is 570 g/mol. The minimum absolute atomic E-state index is 0.183. The first kappa shape index (κ1) is 28.4. The lowest BCUT2D eigenvalue weighted by molar-refractivity contribution is 0.406. The smallest absolute Gasteiger partial charge is 0.277 e. The molecular formula is C29H29ClFN3O4S. The first-order chi connectivity index (χ1) is 18.6. The van der Waals surface area contributed by atoms with Crippen molar-refractivity contribution in [3.8, 4) is 17.0 Å². The SMILES string of the molecule is CCCCc1nc(O)c(S(=O)(=O)c2ccc(-c3ccc(F)nc3C)cc2)c(=O)n1[C@@H](CC)c1cccc(Cl)c1. The number of hydrogen-bond acceptors (Lipinski definition) is 6. The highest BCUT2D eigenvalue weighted by Crippen LogP contribution is 2.31. The molecule has 0 bridgehead atoms. The first-order valence-corrected chi connectivity index (χ1v) is 14.5. The molecule has 2 aromatic carbocycles. The molecule has 0 saturated carbocycles. The summed E-state index contributed by atoms with van der Waals surface area (Å²) in [5.41, 5.74) is 1.60. The Bertz CT molecular complexity index is 1670. The summed E-state index contributed by atoms with van der Waals surface area (Å²) in [5, 5.41) is 11.3. The van der Waals surface area contributed by atoms with Crippen LogP contribution in [0.5, 0.6) is 5.88 Å². The molecular weight excluding hydrogens is 541 g/mol. The minimum atomic E-state index is -4.46. The number of aromatic nitrogens is 3. The molecule has 0 spiro atoms. The van der Waals surface area contributed by atoms with Gasteiger partial charge in [0.05, 0.1) is 10.9 Å². The third kappa shape index (κ3) is 5.74. The van der Waals surface area contributed by atoms with E-state index in [1.54, 1.807) is 43.3 Å². The molecule has 0 amide bonds. The Morgan fingerprint density at radius 2 is 1.77 bits per heavy atom. The number of aryl methyl sites for hydroxylation is 2. The summed E-state index contributed by atoms with van der Waals surface area (Å²) in [6, 6.07) is 15.1. The maximum atomic E-state index is 13.9. The normalized spacial score (nSPS) is 12.4. The molecule has 0 aliphatic carbocycles. The van der Waals surface area contributed by atoms with Gasteiger partial charge in [-0.05, 0) is 67.3 Å². The van der Waals surface area contributed by atoms with Gasteiger partial charge in [-0.1, -0.05) is 56.1 Å². The lowest BCUT2D eigenvalue weighted by atomic mass is 10.0. The van der Waals surface area contributed by atoms with Crippen LogP contribution in [-0.4, -0.2) is 28.1 Å². The van der Waals surface area contributed by atoms with Crippen LogP contribution in [0.2, 0.25) is 5.02 Å². The zero-order valence-electron chi connectivity index (χ0n) is 21.9. The quantitative estimate of drug-likeness (QED) is 0.238. The Kier molecular flexibility index (Phi) is 8.51. The van der Waals surface area contributed by atoms with Crippen molar-refractivity contribution in [3.63, 3.8) is 0 Å². The molecule has 2 heterocycles. The van der Waals surface area contributed by atoms with Crippen molar-refractivity contribution in [2.24, 2.45) is 0 Å². The van der Waals surface area contributed by atoms with Crippen LogP contribution in [0.25, 0.3) is 11.1 Å². The van der Waals surface area contributed by atoms with Crippen LogP contribution in [-0.2, 0) is 16.3 Å². The van der Waals surface area contributed by atoms with Gasteiger partial charge in [0, 0.05) is 22.7 Å². The topological polar surface area (TPSA) is 102 Å². The van der Waals surface area contributed by atoms with Crippen molar-refractivity contribution >= 4 is 21.4 Å². The summed E-state index contributed by atoms with van der Waals surface area (Å²) < 4.78 is 42.2. The Morgan fingerprint density at radius 3 is 2.38 bits per heavy atom. The van der Waals surface area contributed by atoms with E-state index in [4.69, 9.17) is 11.6 Å². The molecule has 0 unspecified atom stereocenters. The zero-order chi connectivity index (χ0) is 28.3. The van der Waals surface area contributed by atoms with E-state index in [2.05, 4.69) is 9.97 Å². The number of halogens is 2. The van der Waals surface area contributed by atoms with Crippen molar-refractivity contribution in [1.82, 2.24) is 14.5 Å². The molecule has 10 heteroatoms. The fraction of sp³-hybridized carbons (Fsp3) is 0.276. The predicted molar refractivity (Wildman–Crippen MR) is 148 cm³/mol. The summed E-state index contributed by atoms with van der Waals surface area (Å²) in [6.45, 7) is 5.52. The van der Waals surface area contributed by atoms with Crippen LogP contribution < -0.4 is 5.56 Å². The van der Waals surface area contributed by atoms with Crippen molar-refractivity contribution < 1.29 is 17.9 Å². The zero-order valence-corrected chi connectivity index (χ0v) is 23.4. The van der Waals surface area contributed by atoms with Gasteiger partial charge in [0.15, 0.2) is 4.90 Å². The first-order valence-electron chi connectivity index (χ1n) is 12.7. The van der Waals surface area contributed by atoms with Crippen molar-refractivity contribution in [3.05, 3.63) is 99.1 Å². The summed E-state index contributed by atoms with van der Waals surface area (Å²) in [4.78, 5) is 21.0. The second-order valence-electron chi connectivity index (χ2n) is 9.23. The molecule has 1 N–H and O–H groups in total. The van der Waals surface area contributed by atoms with Gasteiger partial charge in [-0.3, -0.25) is 9.36 Å². The van der Waals surface area contributed by atoms with E-state index in [-0.39, 0.29) is 4.90 Å². The van der Waals surface area contributed by atoms with E-state index >= 15 is 0 Å². The van der Waals surface area contributed by atoms with E-state index in [0.717, 1.165) is 12.0 Å². The van der Waals surface area contributed by atoms with Crippen molar-refractivity contribution in [2.45, 2.75) is 62.3 Å². The van der Waals surface area contributed by atoms with Gasteiger partial charge in [0.25, 0.3) is 5.56 Å². The second kappa shape index (κ2) is 11.7. The monoisotopic (exact) mass is 569 g/mol. The summed E-state index contributed by atoms with van der Waals surface area (Å²) in [6.07, 6.45) is 2.37. The molecule has 1 atom stereocenters. The number of benzene rings is 2. The number of rotatable bonds is 9. The summed E-state index contributed by atoms with van der Waals surface area (Å²) in [5.74, 6) is -1.13. The fourth-order valence-corrected chi connectivity index (χ4v) is 6.21. The molecule has 0 radical (unpaired) electrons. The van der Waals surface area contributed by atoms with E-state index in [9.17, 15) is 22.7 Å². The number of pyridine rings is 1. The molecule has 4 rings (SSSR count). The Labute approximate surface area is 231 Å². The lowest BCUT2D eigenvalue weighted by Crippen LogP contribution is -2.33. The van der Waals surface area contributed by atoms with Gasteiger partial charge in [-0.15, -0.1) is 0 Å². The van der Waals surface area contributed by atoms with Gasteiger partial charge < -0.3 is 5.11 Å². The van der Waals surface area contributed by atoms with Gasteiger partial charge in [-0.25, -0.2) is 13.4 Å². The Morgan fingerprint density at radius 1 is 1.05 bits per heavy atom. The number of aromatic hydroxyl groups is 1. The van der Waals surface area contributed by atoms with Crippen LogP contribution in [0.15, 0.2) is 75.2 Å². The van der Waals surface area contributed by atoms with Gasteiger partial charge in [0.1, 0.15) is 5.82 Å². The highest BCUT2D eigenvalue weighted by molar-refractivity contribution is 7.91. The molecule has 0 aliphatic heterocycles. The molecule has 0 saturated heterocycles. The molecule has 2 aromatic heterocycles. The second-order valence-corrected chi connectivity index (χ2v) is 11.6. The largest absolute Gasteiger partial charge is 0.492 e. The van der Waals surface area contributed by atoms with E-state index in [1.807, 2.05) is 19.9 Å². The number of unbranched alkanes of at least 4 members (excludes halogenated alkanes) is 1. The average Bonchev–Trinajstić information content (AvgIpc) is 2.89. The standard InChI is InChI=1S/C29H29ClFN3O4S/c1-4-6-10-26-33-28(35)27(29(36)34(26)24(5-2)20-8-7-9-21(30)17-20)39(37,38)22-13-11-19(12-14-22)23-15-16-25(31)32-18(23)3/h7-9,11-17,24,35H,4-6,10H2,1-3H3/t24-/m0/s1. The molecule has 7 nitrogen and oxygen atoms in total. The van der Waals surface area contributed by atoms with Crippen LogP contribution in [0, 0.1) is 12.9 Å². The minimum Gasteiger partial charge on any atom is -0.492 e. The third-order valence-electron chi connectivity index (χ3n) is 6.61. The van der Waals surface area contributed by atoms with E-state index in [0.29, 0.717) is 46.9 Å². The number of sulfone groups is 1. The van der Waals surface area contributed by atoms with Gasteiger partial charge in [0.2, 0.25) is 21.7 Å². The van der Waals surface area contributed by atoms with Crippen molar-refractivity contribution in [1.29, 1.82) is 0 Å². The molecule has 39 heavy (non-hydrogen) atoms. The van der Waals surface area contributed by atoms with Gasteiger partial charge in [-0.2, -0.15) is 9.37 Å². The highest BCUT2D eigenvalue weighted by Gasteiger charge is 2.31. The molecule has 0 aliphatic rings. The number of hydrogen-bond donors (Lipinski definition) is 1. The van der Waals surface area contributed by atoms with Crippen LogP contribution in [0.1, 0.15) is 56.2 Å². The highest BCUT2D eigenvalue weighted by atomic mass is 35.5. The van der Waals surface area contributed by atoms with E-state index < -0.39 is 38.2 Å². The molecule has 204 valence electrons. The lowest BCUT2D eigenvalue weighted by Gasteiger charge is -2.23. The third-order valence-corrected chi connectivity index (χ3v) is 8.63. The van der Waals surface area contributed by atoms with Crippen LogP contribution in [0.3, 0.4) is 0 Å². The van der Waals surface area contributed by atoms with Gasteiger partial charge >= 0.3 is 0 Å². The molecule has 4 aromatic rings. The number of nitrogens with zero attached hydrogens (tertiary/aromatic N) is 3. The fourth-order valence-electron chi connectivity index (χ4n) is 4.67.